The minimum absolute atomic E-state index is 0.0391. The number of likely N-dealkylation sites (tertiary alicyclic amines) is 1. The third-order valence-corrected chi connectivity index (χ3v) is 8.17. The largest absolute Gasteiger partial charge is 0.494 e. The lowest BCUT2D eigenvalue weighted by Crippen LogP contribution is -2.57. The highest BCUT2D eigenvalue weighted by atomic mass is 35.5. The number of rotatable bonds is 8. The van der Waals surface area contributed by atoms with Crippen molar-refractivity contribution < 1.29 is 32.6 Å². The normalized spacial score (nSPS) is 20.1. The van der Waals surface area contributed by atoms with Gasteiger partial charge < -0.3 is 19.6 Å². The molecule has 0 aromatic heterocycles. The van der Waals surface area contributed by atoms with Gasteiger partial charge in [0.15, 0.2) is 0 Å². The molecule has 206 valence electrons. The number of piperidine rings is 1. The molecule has 2 aromatic carbocycles. The highest BCUT2D eigenvalue weighted by Crippen LogP contribution is 2.61. The van der Waals surface area contributed by atoms with Crippen LogP contribution in [0.5, 0.6) is 5.75 Å². The second-order valence-corrected chi connectivity index (χ2v) is 10.9. The van der Waals surface area contributed by atoms with E-state index in [0.29, 0.717) is 41.7 Å². The topological polar surface area (TPSA) is 70.1 Å². The Bertz CT molecular complexity index is 1170. The number of benzene rings is 2. The van der Waals surface area contributed by atoms with Gasteiger partial charge in [-0.2, -0.15) is 13.2 Å². The van der Waals surface area contributed by atoms with Crippen molar-refractivity contribution in [1.29, 1.82) is 0 Å². The molecule has 38 heavy (non-hydrogen) atoms. The fourth-order valence-corrected chi connectivity index (χ4v) is 5.70. The first kappa shape index (κ1) is 28.2. The number of hydrogen-bond acceptors (Lipinski definition) is 4. The minimum Gasteiger partial charge on any atom is -0.494 e. The lowest BCUT2D eigenvalue weighted by atomic mass is 9.86. The highest BCUT2D eigenvalue weighted by molar-refractivity contribution is 6.34. The van der Waals surface area contributed by atoms with E-state index in [2.05, 4.69) is 0 Å². The number of carbonyl (C=O) groups is 2. The van der Waals surface area contributed by atoms with Crippen molar-refractivity contribution in [2.45, 2.75) is 43.9 Å². The highest BCUT2D eigenvalue weighted by Gasteiger charge is 2.63. The molecule has 10 heteroatoms. The van der Waals surface area contributed by atoms with Crippen molar-refractivity contribution in [2.75, 3.05) is 33.8 Å². The van der Waals surface area contributed by atoms with Gasteiger partial charge in [0.2, 0.25) is 0 Å². The van der Waals surface area contributed by atoms with Gasteiger partial charge in [-0.1, -0.05) is 41.9 Å². The first-order chi connectivity index (χ1) is 17.9. The zero-order valence-corrected chi connectivity index (χ0v) is 22.2. The van der Waals surface area contributed by atoms with E-state index in [9.17, 15) is 27.9 Å². The van der Waals surface area contributed by atoms with Crippen LogP contribution in [-0.2, 0) is 10.4 Å². The summed E-state index contributed by atoms with van der Waals surface area (Å²) in [5, 5.41) is 10.9. The van der Waals surface area contributed by atoms with Crippen LogP contribution in [0.2, 0.25) is 5.02 Å². The summed E-state index contributed by atoms with van der Waals surface area (Å²) in [7, 11) is 3.31. The van der Waals surface area contributed by atoms with Gasteiger partial charge in [0.1, 0.15) is 5.75 Å². The lowest BCUT2D eigenvalue weighted by Gasteiger charge is -2.39. The van der Waals surface area contributed by atoms with E-state index in [-0.39, 0.29) is 24.4 Å². The number of amides is 2. The second-order valence-electron chi connectivity index (χ2n) is 10.5. The SMILES string of the molecule is CN(C)C(=O)c1ccc(OCCC[C@H]2CC23CCN(C(=O)C(O)(c2ccccc2)C(F)(F)F)CC3)cc1Cl. The molecule has 1 unspecified atom stereocenters. The van der Waals surface area contributed by atoms with Crippen molar-refractivity contribution in [3.63, 3.8) is 0 Å². The zero-order chi connectivity index (χ0) is 27.7. The fraction of sp³-hybridized carbons (Fsp3) is 0.500. The molecular formula is C28H32ClF3N2O4. The smallest absolute Gasteiger partial charge is 0.430 e. The Hall–Kier alpha value is -2.78. The van der Waals surface area contributed by atoms with Gasteiger partial charge >= 0.3 is 6.18 Å². The summed E-state index contributed by atoms with van der Waals surface area (Å²) in [5.41, 5.74) is -3.58. The van der Waals surface area contributed by atoms with Gasteiger partial charge in [0, 0.05) is 32.7 Å². The predicted octanol–water partition coefficient (Wildman–Crippen LogP) is 5.28. The van der Waals surface area contributed by atoms with Crippen molar-refractivity contribution in [3.8, 4) is 5.75 Å². The molecule has 2 fully saturated rings. The third-order valence-electron chi connectivity index (χ3n) is 7.86. The van der Waals surface area contributed by atoms with Crippen LogP contribution in [0.15, 0.2) is 48.5 Å². The van der Waals surface area contributed by atoms with E-state index in [1.54, 1.807) is 32.3 Å². The molecule has 0 bridgehead atoms. The molecule has 1 aliphatic heterocycles. The van der Waals surface area contributed by atoms with Gasteiger partial charge in [0.05, 0.1) is 17.2 Å². The van der Waals surface area contributed by atoms with Crippen molar-refractivity contribution in [3.05, 3.63) is 64.7 Å². The maximum Gasteiger partial charge on any atom is 0.430 e. The summed E-state index contributed by atoms with van der Waals surface area (Å²) in [5.74, 6) is -0.481. The van der Waals surface area contributed by atoms with Gasteiger partial charge in [0.25, 0.3) is 17.4 Å². The number of ether oxygens (including phenoxy) is 1. The number of hydrogen-bond donors (Lipinski definition) is 1. The summed E-state index contributed by atoms with van der Waals surface area (Å²) in [6.07, 6.45) is -1.21. The summed E-state index contributed by atoms with van der Waals surface area (Å²) in [6.45, 7) is 0.853. The van der Waals surface area contributed by atoms with E-state index in [4.69, 9.17) is 16.3 Å². The standard InChI is InChI=1S/C28H32ClF3N2O4/c1-33(2)24(35)22-11-10-21(17-23(22)29)38-16-6-9-20-18-26(20)12-14-34(15-13-26)25(36)27(37,28(30,31)32)19-7-4-3-5-8-19/h3-5,7-8,10-11,17,20,37H,6,9,12-16,18H2,1-2H3/t20-,27?/m0/s1. The van der Waals surface area contributed by atoms with Crippen LogP contribution in [0.1, 0.15) is 48.0 Å². The summed E-state index contributed by atoms with van der Waals surface area (Å²) >= 11 is 6.23. The van der Waals surface area contributed by atoms with Crippen LogP contribution in [0, 0.1) is 11.3 Å². The first-order valence-electron chi connectivity index (χ1n) is 12.7. The maximum atomic E-state index is 13.9. The number of nitrogens with zero attached hydrogens (tertiary/aromatic N) is 2. The molecule has 2 atom stereocenters. The van der Waals surface area contributed by atoms with E-state index in [1.807, 2.05) is 0 Å². The Morgan fingerprint density at radius 3 is 2.37 bits per heavy atom. The summed E-state index contributed by atoms with van der Waals surface area (Å²) in [6, 6.07) is 11.5. The second kappa shape index (κ2) is 10.8. The molecule has 0 radical (unpaired) electrons. The molecule has 1 aliphatic carbocycles. The van der Waals surface area contributed by atoms with Crippen LogP contribution < -0.4 is 4.74 Å². The molecule has 1 heterocycles. The van der Waals surface area contributed by atoms with Crippen LogP contribution in [0.25, 0.3) is 0 Å². The van der Waals surface area contributed by atoms with Crippen LogP contribution >= 0.6 is 11.6 Å². The van der Waals surface area contributed by atoms with Crippen molar-refractivity contribution in [2.24, 2.45) is 11.3 Å². The van der Waals surface area contributed by atoms with E-state index in [0.717, 1.165) is 36.3 Å². The molecule has 6 nitrogen and oxygen atoms in total. The van der Waals surface area contributed by atoms with E-state index >= 15 is 0 Å². The Labute approximate surface area is 225 Å². The summed E-state index contributed by atoms with van der Waals surface area (Å²) in [4.78, 5) is 27.7. The third kappa shape index (κ3) is 5.50. The number of alkyl halides is 3. The monoisotopic (exact) mass is 552 g/mol. The Morgan fingerprint density at radius 1 is 1.13 bits per heavy atom. The average Bonchev–Trinajstić information content (AvgIpc) is 3.56. The molecular weight excluding hydrogens is 521 g/mol. The van der Waals surface area contributed by atoms with Crippen molar-refractivity contribution in [1.82, 2.24) is 9.80 Å². The molecule has 2 aliphatic rings. The zero-order valence-electron chi connectivity index (χ0n) is 21.4. The Morgan fingerprint density at radius 2 is 1.79 bits per heavy atom. The maximum absolute atomic E-state index is 13.9. The molecule has 1 N–H and O–H groups in total. The molecule has 2 amide bonds. The Kier molecular flexibility index (Phi) is 8.00. The van der Waals surface area contributed by atoms with Gasteiger partial charge in [-0.25, -0.2) is 0 Å². The van der Waals surface area contributed by atoms with Crippen LogP contribution in [0.3, 0.4) is 0 Å². The number of aliphatic hydroxyl groups is 1. The Balaban J connectivity index is 1.26. The first-order valence-corrected chi connectivity index (χ1v) is 13.0. The van der Waals surface area contributed by atoms with E-state index in [1.165, 1.54) is 23.1 Å². The van der Waals surface area contributed by atoms with Gasteiger partial charge in [-0.3, -0.25) is 9.59 Å². The number of halogens is 4. The molecule has 4 rings (SSSR count). The average molecular weight is 553 g/mol. The quantitative estimate of drug-likeness (QED) is 0.452. The molecule has 2 aromatic rings. The lowest BCUT2D eigenvalue weighted by molar-refractivity contribution is -0.262. The number of carbonyl (C=O) groups excluding carboxylic acids is 2. The van der Waals surface area contributed by atoms with Crippen LogP contribution in [0.4, 0.5) is 13.2 Å². The van der Waals surface area contributed by atoms with Gasteiger partial charge in [-0.15, -0.1) is 0 Å². The molecule has 1 spiro atoms. The molecule has 1 saturated heterocycles. The van der Waals surface area contributed by atoms with E-state index < -0.39 is 23.2 Å². The minimum atomic E-state index is -5.13. The van der Waals surface area contributed by atoms with Gasteiger partial charge in [-0.05, 0) is 61.6 Å². The van der Waals surface area contributed by atoms with Crippen molar-refractivity contribution >= 4 is 23.4 Å². The summed E-state index contributed by atoms with van der Waals surface area (Å²) < 4.78 is 47.5. The van der Waals surface area contributed by atoms with Crippen LogP contribution in [-0.4, -0.2) is 66.7 Å². The predicted molar refractivity (Wildman–Crippen MR) is 137 cm³/mol. The fourth-order valence-electron chi connectivity index (χ4n) is 5.44. The molecule has 1 saturated carbocycles.